The summed E-state index contributed by atoms with van der Waals surface area (Å²) in [5.41, 5.74) is 2.21. The lowest BCUT2D eigenvalue weighted by Crippen LogP contribution is -2.65. The maximum atomic E-state index is 14.5. The molecule has 6 aliphatic heterocycles. The van der Waals surface area contributed by atoms with E-state index < -0.39 is 171 Å². The highest BCUT2D eigenvalue weighted by Gasteiger charge is 2.58. The number of alkyl halides is 8. The molecular formula is C79H94I8O23Si. The van der Waals surface area contributed by atoms with Crippen molar-refractivity contribution in [2.24, 2.45) is 0 Å². The first-order valence-corrected chi connectivity index (χ1v) is 50.8. The van der Waals surface area contributed by atoms with Crippen LogP contribution in [0.4, 0.5) is 0 Å². The molecule has 0 saturated carbocycles. The first-order valence-electron chi connectivity index (χ1n) is 36.8. The Labute approximate surface area is 759 Å². The molecule has 26 atom stereocenters. The second kappa shape index (κ2) is 42.6. The SMILES string of the molecule is COc1ccc(CO[C@@H]2O[C@H](CI)[C@@H](O[C@@H]3O[C@H](CI)[C@@H](OC(=O)c4ccccc4)[C@H](O[C@H]4CC[C@H](O[C@@H]5O[C@H](CI)[C@@H](O[C@@H]6O[C@H](CI)[C@@H](OC(=O)c7ccccc7)[C@H](O[C@H]7CC[C@H](O[Si](C)(C)C(C)(C)C)[C@H](C)O7)[C@H]6I)[C@H](OC(=O)c6ccccc6)[C@H]5I)[C@H](C)O4)[C@H]3I)[C@H](OC(=O)c3ccccc3)[C@H]2I)cc1OC. The molecule has 5 aromatic rings. The molecule has 0 aliphatic carbocycles. The second-order valence-electron chi connectivity index (χ2n) is 29.2. The highest BCUT2D eigenvalue weighted by molar-refractivity contribution is 14.1. The van der Waals surface area contributed by atoms with Crippen molar-refractivity contribution in [3.8, 4) is 11.5 Å². The Kier molecular flexibility index (Phi) is 34.8. The molecule has 0 unspecified atom stereocenters. The Hall–Kier alpha value is -0.883. The lowest BCUT2D eigenvalue weighted by atomic mass is 9.98. The van der Waals surface area contributed by atoms with E-state index >= 15 is 0 Å². The standard InChI is InChI=1S/C79H94I8O23Si/c1-42-49(97-76-62(87)70(107-74(91)48-28-20-13-21-29-48)66(56(40-83)99-76)109-78-61(86)68(64(54(38-81)101-78)105-72(89)46-24-16-11-17-25-46)103-58-35-33-50(43(2)96-58)110-111(8,9)79(3,4)5)32-34-57(95-42)102-67-60(85)77(100-53(37-80)63(67)104-71(88)45-22-14-10-15-23-45)108-65-55(39-82)98-75(94-41-44-30-31-51(92-6)52(36-44)93-7)59(84)69(65)106-73(90)47-26-18-12-19-27-47/h10-31,36,42-43,49-50,53-70,75-78H,32-35,37-41H2,1-9H3/t42-,43-,49-,50-,53+,54+,55+,56+,57-,58-,59+,60+,61+,62+,63+,64+,65+,66+,67+,68+,69+,70+,75+,76+,77-,78-/m0/s1. The summed E-state index contributed by atoms with van der Waals surface area (Å²) in [5, 5.41) is -0.00207. The molecule has 111 heavy (non-hydrogen) atoms. The fourth-order valence-electron chi connectivity index (χ4n) is 13.6. The van der Waals surface area contributed by atoms with Crippen LogP contribution in [0.1, 0.15) is 107 Å². The summed E-state index contributed by atoms with van der Waals surface area (Å²) in [7, 11) is 0.989. The van der Waals surface area contributed by atoms with Gasteiger partial charge in [-0.05, 0) is 111 Å². The molecule has 23 nitrogen and oxygen atoms in total. The minimum absolute atomic E-state index is 0.00207. The average Bonchev–Trinajstić information content (AvgIpc) is 0.771. The van der Waals surface area contributed by atoms with Gasteiger partial charge < -0.3 is 89.7 Å². The zero-order chi connectivity index (χ0) is 79.4. The normalized spacial score (nSPS) is 34.0. The molecule has 11 rings (SSSR count). The number of hydrogen-bond donors (Lipinski definition) is 0. The van der Waals surface area contributed by atoms with E-state index in [0.29, 0.717) is 77.1 Å². The van der Waals surface area contributed by atoms with Crippen LogP contribution in [0.25, 0.3) is 0 Å². The van der Waals surface area contributed by atoms with Crippen LogP contribution in [0.2, 0.25) is 18.1 Å². The molecule has 0 spiro atoms. The van der Waals surface area contributed by atoms with Crippen LogP contribution in [0.15, 0.2) is 140 Å². The van der Waals surface area contributed by atoms with Gasteiger partial charge in [-0.25, -0.2) is 19.2 Å². The maximum absolute atomic E-state index is 14.5. The highest BCUT2D eigenvalue weighted by Crippen LogP contribution is 2.45. The molecule has 6 aliphatic rings. The number of methoxy groups -OCH3 is 2. The third kappa shape index (κ3) is 23.0. The summed E-state index contributed by atoms with van der Waals surface area (Å²) >= 11 is 17.9. The maximum Gasteiger partial charge on any atom is 0.338 e. The van der Waals surface area contributed by atoms with E-state index in [1.165, 1.54) is 0 Å². The van der Waals surface area contributed by atoms with Gasteiger partial charge in [-0.2, -0.15) is 0 Å². The van der Waals surface area contributed by atoms with Crippen molar-refractivity contribution in [2.75, 3.05) is 31.9 Å². The molecule has 0 bridgehead atoms. The molecule has 6 heterocycles. The average molecular weight is 2450 g/mol. The van der Waals surface area contributed by atoms with E-state index in [0.717, 1.165) is 5.56 Å². The number of hydrogen-bond acceptors (Lipinski definition) is 23. The topological polar surface area (TPSA) is 244 Å². The van der Waals surface area contributed by atoms with Gasteiger partial charge in [0.05, 0.1) is 87.6 Å². The zero-order valence-corrected chi connectivity index (χ0v) is 80.8. The van der Waals surface area contributed by atoms with E-state index in [2.05, 4.69) is 215 Å². The van der Waals surface area contributed by atoms with Crippen molar-refractivity contribution < 1.29 is 109 Å². The van der Waals surface area contributed by atoms with Crippen LogP contribution in [-0.2, 0) is 86.8 Å². The Morgan fingerprint density at radius 3 is 1.12 bits per heavy atom. The number of benzene rings is 5. The van der Waals surface area contributed by atoms with Crippen LogP contribution >= 0.6 is 181 Å². The second-order valence-corrected chi connectivity index (χ2v) is 43.2. The molecule has 0 radical (unpaired) electrons. The summed E-state index contributed by atoms with van der Waals surface area (Å²) in [6.45, 7) is 15.2. The van der Waals surface area contributed by atoms with Crippen LogP contribution in [0.5, 0.6) is 11.5 Å². The van der Waals surface area contributed by atoms with E-state index in [9.17, 15) is 19.2 Å². The molecule has 32 heteroatoms. The predicted molar refractivity (Wildman–Crippen MR) is 482 cm³/mol. The molecule has 0 N–H and O–H groups in total. The summed E-state index contributed by atoms with van der Waals surface area (Å²) in [6.07, 6.45) is -15.3. The summed E-state index contributed by atoms with van der Waals surface area (Å²) < 4.78 is 126. The van der Waals surface area contributed by atoms with Crippen molar-refractivity contribution in [3.05, 3.63) is 167 Å². The van der Waals surface area contributed by atoms with Gasteiger partial charge in [0.1, 0.15) is 56.7 Å². The molecule has 608 valence electrons. The van der Waals surface area contributed by atoms with E-state index in [-0.39, 0.29) is 23.9 Å². The third-order valence-electron chi connectivity index (χ3n) is 20.7. The fourth-order valence-corrected chi connectivity index (χ4v) is 21.5. The van der Waals surface area contributed by atoms with Gasteiger partial charge in [0.15, 0.2) is 69.8 Å². The van der Waals surface area contributed by atoms with Gasteiger partial charge in [0.25, 0.3) is 0 Å². The van der Waals surface area contributed by atoms with Gasteiger partial charge in [0.2, 0.25) is 0 Å². The quantitative estimate of drug-likeness (QED) is 0.0142. The number of ether oxygens (including phenoxy) is 18. The van der Waals surface area contributed by atoms with E-state index in [1.807, 2.05) is 50.2 Å². The van der Waals surface area contributed by atoms with Gasteiger partial charge in [-0.1, -0.05) is 280 Å². The lowest BCUT2D eigenvalue weighted by molar-refractivity contribution is -0.333. The third-order valence-corrected chi connectivity index (χ3v) is 33.8. The van der Waals surface area contributed by atoms with Crippen molar-refractivity contribution in [1.82, 2.24) is 0 Å². The molecule has 5 aromatic carbocycles. The Balaban J connectivity index is 0.819. The highest BCUT2D eigenvalue weighted by atomic mass is 127. The summed E-state index contributed by atoms with van der Waals surface area (Å²) in [6, 6.07) is 40.6. The van der Waals surface area contributed by atoms with E-state index in [1.54, 1.807) is 117 Å². The summed E-state index contributed by atoms with van der Waals surface area (Å²) in [4.78, 5) is 57.1. The first kappa shape index (κ1) is 90.9. The smallest absolute Gasteiger partial charge is 0.338 e. The first-order chi connectivity index (χ1) is 53.2. The summed E-state index contributed by atoms with van der Waals surface area (Å²) in [5.74, 6) is -1.12. The molecule has 0 amide bonds. The minimum atomic E-state index is -2.15. The number of esters is 4. The molecule has 6 fully saturated rings. The van der Waals surface area contributed by atoms with Crippen molar-refractivity contribution >= 4 is 213 Å². The Morgan fingerprint density at radius 1 is 0.405 bits per heavy atom. The Bertz CT molecular complexity index is 3790. The Morgan fingerprint density at radius 2 is 0.748 bits per heavy atom. The van der Waals surface area contributed by atoms with Crippen LogP contribution in [0, 0.1) is 0 Å². The zero-order valence-electron chi connectivity index (χ0n) is 62.6. The lowest BCUT2D eigenvalue weighted by Gasteiger charge is -2.50. The van der Waals surface area contributed by atoms with Gasteiger partial charge in [-0.3, -0.25) is 0 Å². The van der Waals surface area contributed by atoms with Crippen LogP contribution < -0.4 is 9.47 Å². The van der Waals surface area contributed by atoms with Gasteiger partial charge >= 0.3 is 23.9 Å². The molecule has 0 aromatic heterocycles. The number of carbonyl (C=O) groups excluding carboxylic acids is 4. The fraction of sp³-hybridized carbons (Fsp3) is 0.570. The van der Waals surface area contributed by atoms with Crippen LogP contribution in [-0.4, -0.2) is 215 Å². The molecule has 6 saturated heterocycles. The monoisotopic (exact) mass is 2450 g/mol. The molecular weight excluding hydrogens is 2360 g/mol. The number of carbonyl (C=O) groups is 4. The van der Waals surface area contributed by atoms with Gasteiger partial charge in [0, 0.05) is 30.6 Å². The number of halogens is 8. The van der Waals surface area contributed by atoms with E-state index in [4.69, 9.17) is 89.7 Å². The largest absolute Gasteiger partial charge is 0.493 e. The van der Waals surface area contributed by atoms with Crippen molar-refractivity contribution in [3.63, 3.8) is 0 Å². The van der Waals surface area contributed by atoms with Gasteiger partial charge in [-0.15, -0.1) is 0 Å². The minimum Gasteiger partial charge on any atom is -0.493 e. The van der Waals surface area contributed by atoms with Crippen LogP contribution in [0.3, 0.4) is 0 Å². The predicted octanol–water partition coefficient (Wildman–Crippen LogP) is 16.3. The van der Waals surface area contributed by atoms with Crippen molar-refractivity contribution in [2.45, 2.75) is 236 Å². The van der Waals surface area contributed by atoms with Crippen molar-refractivity contribution in [1.29, 1.82) is 0 Å². The number of rotatable bonds is 29.